The van der Waals surface area contributed by atoms with Crippen LogP contribution in [-0.4, -0.2) is 31.7 Å². The van der Waals surface area contributed by atoms with Gasteiger partial charge in [-0.2, -0.15) is 0 Å². The summed E-state index contributed by atoms with van der Waals surface area (Å²) >= 11 is 0. The van der Waals surface area contributed by atoms with Crippen molar-refractivity contribution in [1.29, 1.82) is 0 Å². The van der Waals surface area contributed by atoms with Crippen LogP contribution < -0.4 is 10.6 Å². The number of ether oxygens (including phenoxy) is 1. The molecule has 0 aromatic carbocycles. The topological polar surface area (TPSA) is 67.4 Å². The Morgan fingerprint density at radius 1 is 0.773 bits per heavy atom. The molecule has 0 aliphatic carbocycles. The molecule has 0 rings (SSSR count). The van der Waals surface area contributed by atoms with Gasteiger partial charge >= 0.3 is 12.0 Å². The molecule has 0 aliphatic heterocycles. The molecule has 5 nitrogen and oxygen atoms in total. The van der Waals surface area contributed by atoms with E-state index in [9.17, 15) is 9.59 Å². The molecule has 0 heterocycles. The highest BCUT2D eigenvalue weighted by Gasteiger charge is 2.04. The summed E-state index contributed by atoms with van der Waals surface area (Å²) < 4.78 is 4.72. The third-order valence-corrected chi connectivity index (χ3v) is 3.51. The van der Waals surface area contributed by atoms with Crippen LogP contribution in [0.2, 0.25) is 0 Å². The Hall–Kier alpha value is -1.26. The number of rotatable bonds is 14. The average Bonchev–Trinajstić information content (AvgIpc) is 2.51. The Kier molecular flexibility index (Phi) is 15.2. The largest absolute Gasteiger partial charge is 0.465 e. The van der Waals surface area contributed by atoms with Crippen molar-refractivity contribution < 1.29 is 14.3 Å². The zero-order valence-electron chi connectivity index (χ0n) is 14.4. The Morgan fingerprint density at radius 2 is 1.32 bits per heavy atom. The summed E-state index contributed by atoms with van der Waals surface area (Å²) in [5.41, 5.74) is 0. The molecule has 0 saturated heterocycles. The summed E-state index contributed by atoms with van der Waals surface area (Å²) in [5.74, 6) is -0.406. The van der Waals surface area contributed by atoms with Crippen molar-refractivity contribution >= 4 is 12.0 Å². The molecule has 0 saturated carbocycles. The van der Waals surface area contributed by atoms with Gasteiger partial charge in [0.15, 0.2) is 0 Å². The van der Waals surface area contributed by atoms with Gasteiger partial charge in [-0.25, -0.2) is 4.79 Å². The van der Waals surface area contributed by atoms with Crippen molar-refractivity contribution in [3.8, 4) is 0 Å². The molecule has 2 N–H and O–H groups in total. The van der Waals surface area contributed by atoms with E-state index in [0.29, 0.717) is 13.2 Å². The van der Waals surface area contributed by atoms with Crippen LogP contribution >= 0.6 is 0 Å². The molecular weight excluding hydrogens is 280 g/mol. The molecule has 0 atom stereocenters. The maximum absolute atomic E-state index is 11.4. The standard InChI is InChI=1S/C17H34N2O3/c1-3-5-6-7-8-9-10-11-12-13-14-18-17(21)19-15-16(20)22-4-2/h3-15H2,1-2H3,(H2,18,19,21). The quantitative estimate of drug-likeness (QED) is 0.379. The SMILES string of the molecule is CCCCCCCCCCCCNC(=O)NCC(=O)OCC. The van der Waals surface area contributed by atoms with Crippen LogP contribution in [0.3, 0.4) is 0 Å². The van der Waals surface area contributed by atoms with Crippen LogP contribution in [0.15, 0.2) is 0 Å². The maximum Gasteiger partial charge on any atom is 0.325 e. The van der Waals surface area contributed by atoms with Crippen molar-refractivity contribution in [3.05, 3.63) is 0 Å². The van der Waals surface area contributed by atoms with Crippen LogP contribution in [0.1, 0.15) is 78.1 Å². The molecule has 5 heteroatoms. The fourth-order valence-corrected chi connectivity index (χ4v) is 2.24. The average molecular weight is 314 g/mol. The molecule has 22 heavy (non-hydrogen) atoms. The van der Waals surface area contributed by atoms with Crippen molar-refractivity contribution in [2.45, 2.75) is 78.1 Å². The lowest BCUT2D eigenvalue weighted by molar-refractivity contribution is -0.141. The second kappa shape index (κ2) is 16.1. The molecule has 0 unspecified atom stereocenters. The Balaban J connectivity index is 3.22. The zero-order valence-corrected chi connectivity index (χ0v) is 14.4. The highest BCUT2D eigenvalue weighted by Crippen LogP contribution is 2.10. The van der Waals surface area contributed by atoms with E-state index < -0.39 is 5.97 Å². The van der Waals surface area contributed by atoms with Gasteiger partial charge in [0.25, 0.3) is 0 Å². The maximum atomic E-state index is 11.4. The highest BCUT2D eigenvalue weighted by molar-refractivity contribution is 5.80. The van der Waals surface area contributed by atoms with E-state index in [4.69, 9.17) is 4.74 Å². The molecule has 130 valence electrons. The Bertz CT molecular complexity index is 283. The number of carbonyl (C=O) groups excluding carboxylic acids is 2. The summed E-state index contributed by atoms with van der Waals surface area (Å²) in [6.45, 7) is 4.90. The summed E-state index contributed by atoms with van der Waals surface area (Å²) in [6.07, 6.45) is 12.8. The minimum atomic E-state index is -0.406. The molecule has 0 bridgehead atoms. The van der Waals surface area contributed by atoms with Crippen LogP contribution in [0.5, 0.6) is 0 Å². The summed E-state index contributed by atoms with van der Waals surface area (Å²) in [6, 6.07) is -0.302. The number of unbranched alkanes of at least 4 members (excludes halogenated alkanes) is 9. The zero-order chi connectivity index (χ0) is 16.5. The van der Waals surface area contributed by atoms with E-state index in [1.807, 2.05) is 0 Å². The fourth-order valence-electron chi connectivity index (χ4n) is 2.24. The van der Waals surface area contributed by atoms with Crippen LogP contribution in [0.25, 0.3) is 0 Å². The van der Waals surface area contributed by atoms with Crippen LogP contribution in [0.4, 0.5) is 4.79 Å². The lowest BCUT2D eigenvalue weighted by Crippen LogP contribution is -2.39. The normalized spacial score (nSPS) is 10.3. The van der Waals surface area contributed by atoms with E-state index in [0.717, 1.165) is 12.8 Å². The van der Waals surface area contributed by atoms with Gasteiger partial charge in [-0.3, -0.25) is 4.79 Å². The number of nitrogens with one attached hydrogen (secondary N) is 2. The number of hydrogen-bond donors (Lipinski definition) is 2. The highest BCUT2D eigenvalue weighted by atomic mass is 16.5. The Morgan fingerprint density at radius 3 is 1.86 bits per heavy atom. The van der Waals surface area contributed by atoms with Gasteiger partial charge in [0.05, 0.1) is 6.61 Å². The first-order valence-corrected chi connectivity index (χ1v) is 8.88. The lowest BCUT2D eigenvalue weighted by atomic mass is 10.1. The smallest absolute Gasteiger partial charge is 0.325 e. The third kappa shape index (κ3) is 15.1. The van der Waals surface area contributed by atoms with Crippen LogP contribution in [-0.2, 0) is 9.53 Å². The second-order valence-electron chi connectivity index (χ2n) is 5.60. The number of urea groups is 1. The molecule has 0 aromatic heterocycles. The summed E-state index contributed by atoms with van der Waals surface area (Å²) in [7, 11) is 0. The van der Waals surface area contributed by atoms with Crippen LogP contribution in [0, 0.1) is 0 Å². The first-order chi connectivity index (χ1) is 10.7. The third-order valence-electron chi connectivity index (χ3n) is 3.51. The molecule has 0 aliphatic rings. The monoisotopic (exact) mass is 314 g/mol. The predicted octanol–water partition coefficient (Wildman–Crippen LogP) is 3.77. The lowest BCUT2D eigenvalue weighted by Gasteiger charge is -2.07. The first-order valence-electron chi connectivity index (χ1n) is 8.88. The number of amides is 2. The van der Waals surface area contributed by atoms with Gasteiger partial charge in [0.1, 0.15) is 6.54 Å². The van der Waals surface area contributed by atoms with Crippen molar-refractivity contribution in [2.24, 2.45) is 0 Å². The van der Waals surface area contributed by atoms with Gasteiger partial charge in [0, 0.05) is 6.54 Å². The van der Waals surface area contributed by atoms with Crippen molar-refractivity contribution in [1.82, 2.24) is 10.6 Å². The Labute approximate surface area is 135 Å². The summed E-state index contributed by atoms with van der Waals surface area (Å²) in [4.78, 5) is 22.4. The van der Waals surface area contributed by atoms with Crippen molar-refractivity contribution in [3.63, 3.8) is 0 Å². The number of hydrogen-bond acceptors (Lipinski definition) is 3. The first kappa shape index (κ1) is 20.7. The minimum Gasteiger partial charge on any atom is -0.465 e. The van der Waals surface area contributed by atoms with E-state index in [2.05, 4.69) is 17.6 Å². The van der Waals surface area contributed by atoms with E-state index in [1.165, 1.54) is 51.4 Å². The molecule has 2 amide bonds. The van der Waals surface area contributed by atoms with Gasteiger partial charge in [-0.1, -0.05) is 64.7 Å². The van der Waals surface area contributed by atoms with E-state index >= 15 is 0 Å². The number of carbonyl (C=O) groups is 2. The molecule has 0 fully saturated rings. The summed E-state index contributed by atoms with van der Waals surface area (Å²) in [5, 5.41) is 5.23. The van der Waals surface area contributed by atoms with E-state index in [1.54, 1.807) is 6.92 Å². The predicted molar refractivity (Wildman–Crippen MR) is 89.9 cm³/mol. The molecule has 0 spiro atoms. The van der Waals surface area contributed by atoms with Gasteiger partial charge in [-0.05, 0) is 13.3 Å². The van der Waals surface area contributed by atoms with Crippen molar-refractivity contribution in [2.75, 3.05) is 19.7 Å². The molecule has 0 radical (unpaired) electrons. The fraction of sp³-hybridized carbons (Fsp3) is 0.882. The van der Waals surface area contributed by atoms with E-state index in [-0.39, 0.29) is 12.6 Å². The second-order valence-corrected chi connectivity index (χ2v) is 5.60. The van der Waals surface area contributed by atoms with Gasteiger partial charge < -0.3 is 15.4 Å². The van der Waals surface area contributed by atoms with Gasteiger partial charge in [-0.15, -0.1) is 0 Å². The van der Waals surface area contributed by atoms with Gasteiger partial charge in [0.2, 0.25) is 0 Å². The minimum absolute atomic E-state index is 0.0717. The molecular formula is C17H34N2O3. The number of esters is 1. The molecule has 0 aromatic rings.